The summed E-state index contributed by atoms with van der Waals surface area (Å²) in [4.78, 5) is 10.8. The number of nitrogens with zero attached hydrogens (tertiary/aromatic N) is 4. The lowest BCUT2D eigenvalue weighted by Gasteiger charge is -2.35. The van der Waals surface area contributed by atoms with E-state index < -0.39 is 6.10 Å². The van der Waals surface area contributed by atoms with E-state index in [-0.39, 0.29) is 11.7 Å². The Morgan fingerprint density at radius 2 is 1.96 bits per heavy atom. The van der Waals surface area contributed by atoms with E-state index in [4.69, 9.17) is 0 Å². The zero-order valence-electron chi connectivity index (χ0n) is 14.1. The number of aryl methyl sites for hydroxylation is 1. The van der Waals surface area contributed by atoms with Crippen LogP contribution in [0.1, 0.15) is 24.8 Å². The maximum atomic E-state index is 13.4. The van der Waals surface area contributed by atoms with Crippen LogP contribution in [0.15, 0.2) is 42.9 Å². The molecule has 0 bridgehead atoms. The molecule has 3 heterocycles. The number of aliphatic hydroxyl groups is 1. The predicted octanol–water partition coefficient (Wildman–Crippen LogP) is 3.06. The monoisotopic (exact) mass is 340 g/mol. The number of hydrogen-bond acceptors (Lipinski definition) is 4. The van der Waals surface area contributed by atoms with Crippen molar-refractivity contribution in [2.45, 2.75) is 18.9 Å². The number of aromatic nitrogens is 3. The van der Waals surface area contributed by atoms with Crippen LogP contribution in [-0.2, 0) is 7.05 Å². The summed E-state index contributed by atoms with van der Waals surface area (Å²) in [6, 6.07) is 6.72. The van der Waals surface area contributed by atoms with Gasteiger partial charge in [0.2, 0.25) is 0 Å². The van der Waals surface area contributed by atoms with Crippen LogP contribution < -0.4 is 4.90 Å². The van der Waals surface area contributed by atoms with Crippen molar-refractivity contribution in [1.82, 2.24) is 14.5 Å². The van der Waals surface area contributed by atoms with Gasteiger partial charge in [0.1, 0.15) is 17.7 Å². The van der Waals surface area contributed by atoms with E-state index >= 15 is 0 Å². The quantitative estimate of drug-likeness (QED) is 0.796. The van der Waals surface area contributed by atoms with E-state index in [9.17, 15) is 9.50 Å². The van der Waals surface area contributed by atoms with E-state index in [0.717, 1.165) is 42.8 Å². The van der Waals surface area contributed by atoms with Gasteiger partial charge in [-0.05, 0) is 37.0 Å². The van der Waals surface area contributed by atoms with Crippen molar-refractivity contribution >= 4 is 16.6 Å². The van der Waals surface area contributed by atoms with Crippen LogP contribution in [-0.4, -0.2) is 32.7 Å². The van der Waals surface area contributed by atoms with Crippen molar-refractivity contribution in [3.8, 4) is 0 Å². The summed E-state index contributed by atoms with van der Waals surface area (Å²) in [5.74, 6) is 0.653. The molecule has 1 N–H and O–H groups in total. The van der Waals surface area contributed by atoms with Crippen molar-refractivity contribution < 1.29 is 9.50 Å². The van der Waals surface area contributed by atoms with Crippen molar-refractivity contribution in [2.75, 3.05) is 18.0 Å². The lowest BCUT2D eigenvalue weighted by atomic mass is 9.90. The fraction of sp³-hybridized carbons (Fsp3) is 0.368. The summed E-state index contributed by atoms with van der Waals surface area (Å²) >= 11 is 0. The molecule has 1 unspecified atom stereocenters. The zero-order chi connectivity index (χ0) is 17.4. The van der Waals surface area contributed by atoms with Gasteiger partial charge in [0.15, 0.2) is 0 Å². The molecule has 3 aromatic rings. The van der Waals surface area contributed by atoms with Gasteiger partial charge in [-0.3, -0.25) is 4.98 Å². The lowest BCUT2D eigenvalue weighted by Crippen LogP contribution is -2.36. The Kier molecular flexibility index (Phi) is 4.13. The Hall–Kier alpha value is -2.47. The lowest BCUT2D eigenvalue weighted by molar-refractivity contribution is 0.0825. The first kappa shape index (κ1) is 16.0. The molecule has 0 amide bonds. The summed E-state index contributed by atoms with van der Waals surface area (Å²) in [6.07, 6.45) is 6.54. The van der Waals surface area contributed by atoms with Gasteiger partial charge in [-0.25, -0.2) is 9.37 Å². The maximum Gasteiger partial charge on any atom is 0.137 e. The first-order chi connectivity index (χ1) is 12.1. The minimum Gasteiger partial charge on any atom is -0.385 e. The summed E-state index contributed by atoms with van der Waals surface area (Å²) in [7, 11) is 1.91. The fourth-order valence-electron chi connectivity index (χ4n) is 3.71. The molecule has 1 saturated heterocycles. The van der Waals surface area contributed by atoms with Gasteiger partial charge < -0.3 is 14.6 Å². The molecule has 130 valence electrons. The van der Waals surface area contributed by atoms with Gasteiger partial charge >= 0.3 is 0 Å². The van der Waals surface area contributed by atoms with E-state index in [1.54, 1.807) is 18.5 Å². The zero-order valence-corrected chi connectivity index (χ0v) is 14.1. The number of fused-ring (bicyclic) bond motifs is 1. The Morgan fingerprint density at radius 3 is 2.68 bits per heavy atom. The number of benzene rings is 1. The number of anilines is 1. The van der Waals surface area contributed by atoms with Gasteiger partial charge in [-0.15, -0.1) is 0 Å². The van der Waals surface area contributed by atoms with Crippen LogP contribution >= 0.6 is 0 Å². The van der Waals surface area contributed by atoms with Gasteiger partial charge in [0.05, 0.1) is 5.52 Å². The molecule has 4 rings (SSSR count). The van der Waals surface area contributed by atoms with Crippen LogP contribution in [0.2, 0.25) is 0 Å². The van der Waals surface area contributed by atoms with Crippen LogP contribution in [0.5, 0.6) is 0 Å². The topological polar surface area (TPSA) is 54.2 Å². The molecule has 1 aliphatic rings. The number of aliphatic hydroxyl groups excluding tert-OH is 1. The third-order valence-corrected chi connectivity index (χ3v) is 5.13. The van der Waals surface area contributed by atoms with Crippen LogP contribution in [0.25, 0.3) is 10.9 Å². The third kappa shape index (κ3) is 2.98. The molecule has 1 atom stereocenters. The van der Waals surface area contributed by atoms with Crippen molar-refractivity contribution in [3.05, 3.63) is 54.5 Å². The predicted molar refractivity (Wildman–Crippen MR) is 94.8 cm³/mol. The molecular weight excluding hydrogens is 319 g/mol. The molecule has 0 radical (unpaired) electrons. The van der Waals surface area contributed by atoms with Gasteiger partial charge in [0.25, 0.3) is 0 Å². The molecule has 2 aromatic heterocycles. The number of rotatable bonds is 3. The van der Waals surface area contributed by atoms with E-state index in [0.29, 0.717) is 5.52 Å². The molecule has 6 heteroatoms. The number of halogens is 1. The summed E-state index contributed by atoms with van der Waals surface area (Å²) in [6.45, 7) is 1.70. The minimum atomic E-state index is -0.537. The maximum absolute atomic E-state index is 13.4. The Morgan fingerprint density at radius 1 is 1.16 bits per heavy atom. The molecule has 1 fully saturated rings. The van der Waals surface area contributed by atoms with Crippen LogP contribution in [0, 0.1) is 11.7 Å². The highest BCUT2D eigenvalue weighted by Crippen LogP contribution is 2.34. The molecule has 0 aliphatic carbocycles. The summed E-state index contributed by atoms with van der Waals surface area (Å²) in [5.41, 5.74) is 1.75. The SMILES string of the molecule is Cn1ccnc1C(O)C1CCN(c2ccnc3cc(F)ccc23)CC1. The normalized spacial score (nSPS) is 17.2. The molecule has 1 aromatic carbocycles. The second-order valence-corrected chi connectivity index (χ2v) is 6.66. The minimum absolute atomic E-state index is 0.197. The highest BCUT2D eigenvalue weighted by atomic mass is 19.1. The second kappa shape index (κ2) is 6.44. The molecule has 5 nitrogen and oxygen atoms in total. The first-order valence-electron chi connectivity index (χ1n) is 8.58. The Bertz CT molecular complexity index is 886. The smallest absolute Gasteiger partial charge is 0.137 e. The molecule has 25 heavy (non-hydrogen) atoms. The average Bonchev–Trinajstić information content (AvgIpc) is 3.06. The summed E-state index contributed by atoms with van der Waals surface area (Å²) in [5, 5.41) is 11.6. The fourth-order valence-corrected chi connectivity index (χ4v) is 3.71. The number of imidazole rings is 1. The van der Waals surface area contributed by atoms with Crippen molar-refractivity contribution in [3.63, 3.8) is 0 Å². The summed E-state index contributed by atoms with van der Waals surface area (Å²) < 4.78 is 15.3. The number of pyridine rings is 1. The molecule has 1 aliphatic heterocycles. The van der Waals surface area contributed by atoms with Gasteiger partial charge in [-0.2, -0.15) is 0 Å². The largest absolute Gasteiger partial charge is 0.385 e. The highest BCUT2D eigenvalue weighted by Gasteiger charge is 2.29. The molecule has 0 spiro atoms. The number of piperidine rings is 1. The first-order valence-corrected chi connectivity index (χ1v) is 8.58. The number of hydrogen-bond donors (Lipinski definition) is 1. The average molecular weight is 340 g/mol. The van der Waals surface area contributed by atoms with Gasteiger partial charge in [-0.1, -0.05) is 0 Å². The van der Waals surface area contributed by atoms with Crippen LogP contribution in [0.3, 0.4) is 0 Å². The van der Waals surface area contributed by atoms with E-state index in [2.05, 4.69) is 14.9 Å². The van der Waals surface area contributed by atoms with Crippen LogP contribution in [0.4, 0.5) is 10.1 Å². The standard InChI is InChI=1S/C19H21FN4O/c1-23-11-8-22-19(23)18(25)13-5-9-24(10-6-13)17-4-7-21-16-12-14(20)2-3-15(16)17/h2-4,7-8,11-13,18,25H,5-6,9-10H2,1H3. The molecule has 0 saturated carbocycles. The van der Waals surface area contributed by atoms with Crippen molar-refractivity contribution in [2.24, 2.45) is 13.0 Å². The van der Waals surface area contributed by atoms with E-state index in [1.807, 2.05) is 23.9 Å². The molecular formula is C19H21FN4O. The third-order valence-electron chi connectivity index (χ3n) is 5.13. The second-order valence-electron chi connectivity index (χ2n) is 6.66. The Labute approximate surface area is 145 Å². The van der Waals surface area contributed by atoms with E-state index in [1.165, 1.54) is 12.1 Å². The highest BCUT2D eigenvalue weighted by molar-refractivity contribution is 5.91. The Balaban J connectivity index is 1.52. The van der Waals surface area contributed by atoms with Gasteiger partial charge in [0, 0.05) is 55.9 Å². The van der Waals surface area contributed by atoms with Crippen molar-refractivity contribution in [1.29, 1.82) is 0 Å².